The largest absolute Gasteiger partial charge is 0.494 e. The molecule has 0 bridgehead atoms. The van der Waals surface area contributed by atoms with E-state index in [1.165, 1.54) is 17.8 Å². The van der Waals surface area contributed by atoms with Gasteiger partial charge in [0, 0.05) is 12.1 Å². The molecule has 2 aromatic carbocycles. The number of halogens is 1. The summed E-state index contributed by atoms with van der Waals surface area (Å²) in [5, 5.41) is 14.2. The summed E-state index contributed by atoms with van der Waals surface area (Å²) in [5.41, 5.74) is 1.82. The molecule has 2 N–H and O–H groups in total. The van der Waals surface area contributed by atoms with Crippen molar-refractivity contribution < 1.29 is 28.5 Å². The number of benzene rings is 2. The average Bonchev–Trinajstić information content (AvgIpc) is 2.89. The lowest BCUT2D eigenvalue weighted by molar-refractivity contribution is -0.122. The summed E-state index contributed by atoms with van der Waals surface area (Å²) in [5.74, 6) is 1.81. The van der Waals surface area contributed by atoms with Gasteiger partial charge in [-0.1, -0.05) is 19.4 Å². The van der Waals surface area contributed by atoms with Crippen molar-refractivity contribution in [3.05, 3.63) is 53.8 Å². The third-order valence-corrected chi connectivity index (χ3v) is 6.61. The molecule has 1 amide bonds. The number of fused-ring (bicyclic) bond motifs is 1. The summed E-state index contributed by atoms with van der Waals surface area (Å²) in [4.78, 5) is 17.5. The first kappa shape index (κ1) is 25.9. The van der Waals surface area contributed by atoms with E-state index in [9.17, 15) is 14.3 Å². The van der Waals surface area contributed by atoms with Gasteiger partial charge in [0.05, 0.1) is 19.2 Å². The Morgan fingerprint density at radius 3 is 2.69 bits per heavy atom. The van der Waals surface area contributed by atoms with Crippen LogP contribution in [0.15, 0.2) is 47.5 Å². The van der Waals surface area contributed by atoms with Crippen LogP contribution in [0.1, 0.15) is 57.1 Å². The minimum absolute atomic E-state index is 0.182. The van der Waals surface area contributed by atoms with Gasteiger partial charge in [0.15, 0.2) is 11.5 Å². The number of carbonyl (C=O) groups excluding carboxylic acids is 1. The Kier molecular flexibility index (Phi) is 9.17. The van der Waals surface area contributed by atoms with Gasteiger partial charge in [-0.25, -0.2) is 4.39 Å². The lowest BCUT2D eigenvalue weighted by Crippen LogP contribution is -2.42. The van der Waals surface area contributed by atoms with Gasteiger partial charge in [0.2, 0.25) is 5.91 Å². The van der Waals surface area contributed by atoms with Crippen molar-refractivity contribution in [2.24, 2.45) is 10.9 Å². The van der Waals surface area contributed by atoms with Crippen LogP contribution in [0.25, 0.3) is 0 Å². The highest BCUT2D eigenvalue weighted by molar-refractivity contribution is 5.91. The number of aliphatic hydroxyl groups excluding tert-OH is 1. The molecule has 1 fully saturated rings. The van der Waals surface area contributed by atoms with E-state index in [0.717, 1.165) is 25.7 Å². The van der Waals surface area contributed by atoms with Gasteiger partial charge < -0.3 is 24.6 Å². The van der Waals surface area contributed by atoms with Crippen molar-refractivity contribution in [1.29, 1.82) is 0 Å². The van der Waals surface area contributed by atoms with Crippen LogP contribution >= 0.6 is 0 Å². The summed E-state index contributed by atoms with van der Waals surface area (Å²) in [6.07, 6.45) is 4.14. The van der Waals surface area contributed by atoms with Crippen LogP contribution in [0.2, 0.25) is 0 Å². The number of ether oxygens (including phenoxy) is 3. The maximum atomic E-state index is 13.0. The fourth-order valence-corrected chi connectivity index (χ4v) is 4.49. The van der Waals surface area contributed by atoms with Crippen molar-refractivity contribution in [2.45, 2.75) is 57.6 Å². The third-order valence-electron chi connectivity index (χ3n) is 6.61. The SMILES string of the molecule is CCCC1CCC1=NC[C@H](NC(=O)CCCOc1ccc(F)cc1)C(O)c1ccc2c(c1)OCCO2. The Morgan fingerprint density at radius 2 is 1.97 bits per heavy atom. The number of hydrogen-bond acceptors (Lipinski definition) is 6. The van der Waals surface area contributed by atoms with Crippen LogP contribution in [0.5, 0.6) is 17.2 Å². The fraction of sp³-hybridized carbons (Fsp3) is 0.500. The van der Waals surface area contributed by atoms with Crippen LogP contribution < -0.4 is 19.5 Å². The first-order valence-electron chi connectivity index (χ1n) is 12.8. The summed E-state index contributed by atoms with van der Waals surface area (Å²) in [6, 6.07) is 10.6. The Morgan fingerprint density at radius 1 is 1.19 bits per heavy atom. The van der Waals surface area contributed by atoms with Gasteiger partial charge in [0.25, 0.3) is 0 Å². The zero-order chi connectivity index (χ0) is 25.3. The van der Waals surface area contributed by atoms with E-state index >= 15 is 0 Å². The smallest absolute Gasteiger partial charge is 0.220 e. The molecule has 1 aliphatic heterocycles. The molecule has 0 saturated heterocycles. The fourth-order valence-electron chi connectivity index (χ4n) is 4.49. The number of rotatable bonds is 12. The van der Waals surface area contributed by atoms with E-state index in [1.54, 1.807) is 30.3 Å². The van der Waals surface area contributed by atoms with Gasteiger partial charge in [-0.2, -0.15) is 0 Å². The lowest BCUT2D eigenvalue weighted by Gasteiger charge is -2.30. The number of aliphatic imine (C=N–C) groups is 1. The van der Waals surface area contributed by atoms with E-state index < -0.39 is 12.1 Å². The van der Waals surface area contributed by atoms with Gasteiger partial charge in [-0.15, -0.1) is 0 Å². The maximum absolute atomic E-state index is 13.0. The van der Waals surface area contributed by atoms with E-state index in [0.29, 0.717) is 61.5 Å². The van der Waals surface area contributed by atoms with E-state index in [1.807, 2.05) is 0 Å². The predicted octanol–water partition coefficient (Wildman–Crippen LogP) is 4.63. The van der Waals surface area contributed by atoms with E-state index in [-0.39, 0.29) is 18.1 Å². The van der Waals surface area contributed by atoms with Gasteiger partial charge in [0.1, 0.15) is 30.9 Å². The van der Waals surface area contributed by atoms with Crippen LogP contribution in [0.3, 0.4) is 0 Å². The van der Waals surface area contributed by atoms with Crippen molar-refractivity contribution in [3.63, 3.8) is 0 Å². The molecule has 36 heavy (non-hydrogen) atoms. The third kappa shape index (κ3) is 6.97. The first-order chi connectivity index (χ1) is 17.5. The summed E-state index contributed by atoms with van der Waals surface area (Å²) < 4.78 is 29.8. The molecule has 2 unspecified atom stereocenters. The zero-order valence-corrected chi connectivity index (χ0v) is 20.7. The number of aliphatic hydroxyl groups is 1. The van der Waals surface area contributed by atoms with Gasteiger partial charge >= 0.3 is 0 Å². The molecule has 1 saturated carbocycles. The molecule has 2 aliphatic rings. The van der Waals surface area contributed by atoms with Gasteiger partial charge in [-0.3, -0.25) is 9.79 Å². The normalized spacial score (nSPS) is 19.3. The van der Waals surface area contributed by atoms with Crippen molar-refractivity contribution in [2.75, 3.05) is 26.4 Å². The molecule has 1 heterocycles. The molecule has 1 aliphatic carbocycles. The van der Waals surface area contributed by atoms with E-state index in [4.69, 9.17) is 19.2 Å². The molecule has 0 aromatic heterocycles. The van der Waals surface area contributed by atoms with E-state index in [2.05, 4.69) is 12.2 Å². The number of nitrogens with one attached hydrogen (secondary N) is 1. The van der Waals surface area contributed by atoms with Gasteiger partial charge in [-0.05, 0) is 73.6 Å². The quantitative estimate of drug-likeness (QED) is 0.417. The summed E-state index contributed by atoms with van der Waals surface area (Å²) >= 11 is 0. The highest BCUT2D eigenvalue weighted by atomic mass is 19.1. The Labute approximate surface area is 211 Å². The zero-order valence-electron chi connectivity index (χ0n) is 20.7. The van der Waals surface area contributed by atoms with Crippen molar-refractivity contribution in [3.8, 4) is 17.2 Å². The Hall–Kier alpha value is -3.13. The van der Waals surface area contributed by atoms with Crippen LogP contribution in [0, 0.1) is 11.7 Å². The number of carbonyl (C=O) groups is 1. The van der Waals surface area contributed by atoms with Crippen LogP contribution in [-0.2, 0) is 4.79 Å². The monoisotopic (exact) mass is 498 g/mol. The minimum atomic E-state index is -0.950. The topological polar surface area (TPSA) is 89.4 Å². The highest BCUT2D eigenvalue weighted by Gasteiger charge is 2.28. The molecular formula is C28H35FN2O5. The molecule has 8 heteroatoms. The predicted molar refractivity (Wildman–Crippen MR) is 135 cm³/mol. The minimum Gasteiger partial charge on any atom is -0.494 e. The first-order valence-corrected chi connectivity index (χ1v) is 12.8. The molecule has 194 valence electrons. The summed E-state index contributed by atoms with van der Waals surface area (Å²) in [6.45, 7) is 3.76. The second-order valence-electron chi connectivity index (χ2n) is 9.28. The van der Waals surface area contributed by atoms with Crippen LogP contribution in [0.4, 0.5) is 4.39 Å². The Balaban J connectivity index is 1.36. The number of hydrogen-bond donors (Lipinski definition) is 2. The Bertz CT molecular complexity index is 1040. The number of amides is 1. The maximum Gasteiger partial charge on any atom is 0.220 e. The molecule has 0 radical (unpaired) electrons. The molecule has 4 rings (SSSR count). The highest BCUT2D eigenvalue weighted by Crippen LogP contribution is 2.34. The number of nitrogens with zero attached hydrogens (tertiary/aromatic N) is 1. The lowest BCUT2D eigenvalue weighted by atomic mass is 9.80. The standard InChI is InChI=1S/C28H35FN2O5/c1-2-4-19-6-12-23(19)30-18-24(28(33)20-7-13-25-26(17-20)36-16-15-35-25)31-27(32)5-3-14-34-22-10-8-21(29)9-11-22/h7-11,13,17,19,24,28,33H,2-6,12,14-16,18H2,1H3,(H,31,32)/t19?,24-,28?/m0/s1. The van der Waals surface area contributed by atoms with Crippen LogP contribution in [-0.4, -0.2) is 49.1 Å². The molecular weight excluding hydrogens is 463 g/mol. The molecule has 3 atom stereocenters. The van der Waals surface area contributed by atoms with Crippen molar-refractivity contribution >= 4 is 11.6 Å². The average molecular weight is 499 g/mol. The second-order valence-corrected chi connectivity index (χ2v) is 9.28. The molecule has 0 spiro atoms. The summed E-state index contributed by atoms with van der Waals surface area (Å²) in [7, 11) is 0. The molecule has 7 nitrogen and oxygen atoms in total. The second kappa shape index (κ2) is 12.7. The van der Waals surface area contributed by atoms with Crippen molar-refractivity contribution in [1.82, 2.24) is 5.32 Å². The molecule has 2 aromatic rings.